The number of hydrogen-bond acceptors (Lipinski definition) is 17. The molecule has 2 unspecified atom stereocenters. The van der Waals surface area contributed by atoms with Gasteiger partial charge >= 0.3 is 144 Å². The van der Waals surface area contributed by atoms with Gasteiger partial charge in [-0.15, -0.1) is 20.4 Å². The number of nitrogens with zero attached hydrogens (tertiary/aromatic N) is 17. The molecule has 0 radical (unpaired) electrons. The molecule has 2 atom stereocenters. The molecule has 3 N–H and O–H groups in total. The van der Waals surface area contributed by atoms with Crippen molar-refractivity contribution in [3.8, 4) is 5.95 Å². The summed E-state index contributed by atoms with van der Waals surface area (Å²) in [6.45, 7) is 17.9. The Morgan fingerprint density at radius 3 is 1.77 bits per heavy atom. The second kappa shape index (κ2) is 26.6. The summed E-state index contributed by atoms with van der Waals surface area (Å²) in [6.07, 6.45) is 8.20. The largest absolute Gasteiger partial charge is 1.00 e. The molecule has 0 bridgehead atoms. The summed E-state index contributed by atoms with van der Waals surface area (Å²) in [5, 5.41) is 33.1. The summed E-state index contributed by atoms with van der Waals surface area (Å²) in [4.78, 5) is 48.2. The fourth-order valence-electron chi connectivity index (χ4n) is 7.93. The van der Waals surface area contributed by atoms with E-state index in [-0.39, 0.29) is 158 Å². The maximum atomic E-state index is 11.5. The third-order valence-corrected chi connectivity index (χ3v) is 11.9. The number of aromatic amines is 1. The number of carbonyl (C=O) groups excluding carboxylic acids is 1. The average Bonchev–Trinajstić information content (AvgIpc) is 4.18. The van der Waals surface area contributed by atoms with Crippen LogP contribution >= 0.6 is 22.6 Å². The van der Waals surface area contributed by atoms with Crippen molar-refractivity contribution < 1.29 is 167 Å². The Morgan fingerprint density at radius 1 is 0.843 bits per heavy atom. The van der Waals surface area contributed by atoms with Crippen molar-refractivity contribution in [2.75, 3.05) is 10.6 Å². The van der Waals surface area contributed by atoms with Gasteiger partial charge in [-0.3, -0.25) is 13.9 Å². The number of aromatic nitrogens is 18. The number of alkyl halides is 3. The van der Waals surface area contributed by atoms with Gasteiger partial charge < -0.3 is 40.9 Å². The number of fused-ring (bicyclic) bond motifs is 4. The number of rotatable bonds is 10. The van der Waals surface area contributed by atoms with E-state index in [0.29, 0.717) is 11.8 Å². The first-order valence-electron chi connectivity index (χ1n) is 21.9. The zero-order valence-corrected chi connectivity index (χ0v) is 55.1. The minimum atomic E-state index is -4.30. The predicted molar refractivity (Wildman–Crippen MR) is 248 cm³/mol. The van der Waals surface area contributed by atoms with Crippen LogP contribution in [0.25, 0.3) is 28.3 Å². The monoisotopic (exact) mass is 1320 g/mol. The van der Waals surface area contributed by atoms with Gasteiger partial charge in [-0.1, -0.05) is 27.7 Å². The molecule has 0 spiro atoms. The Kier molecular flexibility index (Phi) is 22.2. The Balaban J connectivity index is 0.000000241. The van der Waals surface area contributed by atoms with E-state index >= 15 is 0 Å². The molecule has 0 amide bonds. The number of carbonyl (C=O) groups is 1. The number of H-pyrrole nitrogens is 1. The molecule has 364 valence electrons. The van der Waals surface area contributed by atoms with Gasteiger partial charge in [0.15, 0.2) is 37.8 Å². The normalized spacial score (nSPS) is 15.0. The molecule has 10 rings (SSSR count). The van der Waals surface area contributed by atoms with Crippen LogP contribution in [0, 0.1) is 10.8 Å². The first kappa shape index (κ1) is 58.3. The van der Waals surface area contributed by atoms with Crippen molar-refractivity contribution in [3.63, 3.8) is 0 Å². The molecule has 70 heavy (non-hydrogen) atoms. The van der Waals surface area contributed by atoms with Gasteiger partial charge in [0.25, 0.3) is 6.47 Å². The summed E-state index contributed by atoms with van der Waals surface area (Å²) in [6, 6.07) is 0.512. The second-order valence-corrected chi connectivity index (χ2v) is 17.4. The van der Waals surface area contributed by atoms with Crippen LogP contribution in [0.2, 0.25) is 0 Å². The van der Waals surface area contributed by atoms with E-state index in [1.54, 1.807) is 19.0 Å². The Morgan fingerprint density at radius 2 is 1.36 bits per heavy atom. The summed E-state index contributed by atoms with van der Waals surface area (Å²) < 4.78 is 46.2. The van der Waals surface area contributed by atoms with Crippen LogP contribution in [0.5, 0.6) is 0 Å². The predicted octanol–water partition coefficient (Wildman–Crippen LogP) is -0.942. The van der Waals surface area contributed by atoms with Crippen molar-refractivity contribution in [1.82, 2.24) is 88.1 Å². The zero-order valence-electron chi connectivity index (χ0n) is 41.3. The molecule has 0 aliphatic carbocycles. The topological polar surface area (TPSA) is 269 Å². The van der Waals surface area contributed by atoms with Crippen molar-refractivity contribution in [2.24, 2.45) is 0 Å². The first-order chi connectivity index (χ1) is 32.6. The molecule has 10 heterocycles. The van der Waals surface area contributed by atoms with Gasteiger partial charge in [0.1, 0.15) is 48.0 Å². The van der Waals surface area contributed by atoms with E-state index in [2.05, 4.69) is 153 Å². The van der Waals surface area contributed by atoms with Crippen LogP contribution in [0.3, 0.4) is 0 Å². The summed E-state index contributed by atoms with van der Waals surface area (Å²) in [7, 11) is 0. The average molecular weight is 1320 g/mol. The van der Waals surface area contributed by atoms with Crippen LogP contribution in [0.15, 0.2) is 37.7 Å². The van der Waals surface area contributed by atoms with Crippen molar-refractivity contribution in [2.45, 2.75) is 130 Å². The van der Waals surface area contributed by atoms with E-state index < -0.39 is 11.9 Å². The minimum Gasteiger partial charge on any atom is -1.00 e. The number of imidazole rings is 4. The molecule has 0 fully saturated rings. The molecule has 2 aliphatic rings. The summed E-state index contributed by atoms with van der Waals surface area (Å²) >= 11 is 2.25. The molecule has 8 aromatic heterocycles. The first-order valence-corrected chi connectivity index (χ1v) is 23.0. The van der Waals surface area contributed by atoms with Crippen LogP contribution in [0.1, 0.15) is 102 Å². The van der Waals surface area contributed by atoms with Gasteiger partial charge in [-0.05, 0) is 33.6 Å². The van der Waals surface area contributed by atoms with Gasteiger partial charge in [0, 0.05) is 91.7 Å². The third-order valence-electron chi connectivity index (χ3n) is 11.1. The van der Waals surface area contributed by atoms with Crippen molar-refractivity contribution in [3.05, 3.63) is 76.2 Å². The summed E-state index contributed by atoms with van der Waals surface area (Å²) in [5.41, 5.74) is 3.45. The minimum absolute atomic E-state index is 0. The molecular formula is C41H52Cs2F3IN20O3. The third kappa shape index (κ3) is 13.8. The van der Waals surface area contributed by atoms with E-state index in [0.717, 1.165) is 137 Å². The van der Waals surface area contributed by atoms with E-state index in [1.165, 1.54) is 0 Å². The Bertz CT molecular complexity index is 2940. The van der Waals surface area contributed by atoms with Gasteiger partial charge in [-0.25, -0.2) is 39.9 Å². The van der Waals surface area contributed by atoms with E-state index in [1.807, 2.05) is 22.7 Å². The maximum absolute atomic E-state index is 11.5. The Labute approximate surface area is 533 Å². The van der Waals surface area contributed by atoms with Crippen molar-refractivity contribution in [1.29, 1.82) is 0 Å². The molecule has 8 aromatic rings. The maximum Gasteiger partial charge on any atom is 1.00 e. The number of nitrogens with one attached hydrogen (secondary N) is 3. The van der Waals surface area contributed by atoms with Crippen LogP contribution < -0.4 is 154 Å². The molecule has 0 saturated heterocycles. The molecule has 2 aliphatic heterocycles. The van der Waals surface area contributed by atoms with Crippen molar-refractivity contribution >= 4 is 63.0 Å². The molecule has 0 aromatic carbocycles. The molecular weight excluding hydrogens is 1270 g/mol. The van der Waals surface area contributed by atoms with E-state index in [4.69, 9.17) is 15.0 Å². The fraction of sp³-hybridized carbons (Fsp3) is 0.488. The van der Waals surface area contributed by atoms with Crippen LogP contribution in [-0.2, 0) is 54.9 Å². The smallest absolute Gasteiger partial charge is 1.00 e. The molecule has 0 saturated carbocycles. The fourth-order valence-corrected chi connectivity index (χ4v) is 8.74. The standard InChI is InChI=1S/C20H26N10.C16H21IN8.C4H3F3N2.CH2O3.2Cs.H/c1-5-29-19-16(25-20(29)28-8-13(4)23-11-28)17(21-10-22-19)24-14-6-7-15-26-27-18(12(2)3)30(15)9-14;1-4-24-15-12(21-16(24)17)13(18-8-19-15)20-10-5-6-11-22-23-14(9(2)3)25(11)7-10;5-4(6,7)3-1-8-2-9-3;2-1-4-3;;;/h8,10-12,14H,5-7,9H2,1-4H3,(H,21,22,24);8-10H,4-7H2,1-3H3,(H,18,19,20);1-2H,(H,8,9);1,3H;;;/q;;;;2*+1;-1/p-1. The number of hydrogen-bond donors (Lipinski definition) is 3. The van der Waals surface area contributed by atoms with Gasteiger partial charge in [0.2, 0.25) is 5.95 Å². The second-order valence-electron chi connectivity index (χ2n) is 16.4. The van der Waals surface area contributed by atoms with Gasteiger partial charge in [0.05, 0.1) is 18.2 Å². The van der Waals surface area contributed by atoms with Crippen LogP contribution in [0.4, 0.5) is 24.8 Å². The van der Waals surface area contributed by atoms with E-state index in [9.17, 15) is 13.2 Å². The number of anilines is 2. The Hall–Kier alpha value is -2.55. The van der Waals surface area contributed by atoms with Gasteiger partial charge in [-0.2, -0.15) is 13.2 Å². The molecule has 23 nitrogen and oxygen atoms in total. The SMILES string of the molecule is CCn1c(-n2cnc(C)c2)nc2c(NC3CCc4nnc(C(C)C)n4C3)ncnc21.CCn1c(I)nc2c(NC3CCc4nnc(C(C)C)n4C3)ncnc21.FC(F)(F)c1cnc[nH]1.O=CO[O-].[Cs+].[Cs+].[H-]. The van der Waals surface area contributed by atoms with Crippen LogP contribution in [-0.4, -0.2) is 107 Å². The number of halogens is 4. The summed E-state index contributed by atoms with van der Waals surface area (Å²) in [5.74, 6) is 7.32. The molecule has 29 heteroatoms. The number of aryl methyl sites for hydroxylation is 5. The quantitative estimate of drug-likeness (QED) is 0.0490. The zero-order chi connectivity index (χ0) is 48.7.